The first-order valence-corrected chi connectivity index (χ1v) is 8.51. The Balaban J connectivity index is 1.78. The van der Waals surface area contributed by atoms with Gasteiger partial charge in [-0.05, 0) is 44.4 Å². The van der Waals surface area contributed by atoms with Crippen molar-refractivity contribution >= 4 is 5.91 Å². The molecule has 0 saturated carbocycles. The summed E-state index contributed by atoms with van der Waals surface area (Å²) in [6.45, 7) is 10.6. The van der Waals surface area contributed by atoms with Crippen molar-refractivity contribution in [2.75, 3.05) is 19.6 Å². The summed E-state index contributed by atoms with van der Waals surface area (Å²) in [7, 11) is 0. The van der Waals surface area contributed by atoms with Gasteiger partial charge in [0.25, 0.3) is 5.91 Å². The third-order valence-corrected chi connectivity index (χ3v) is 4.19. The minimum absolute atomic E-state index is 0.0411. The van der Waals surface area contributed by atoms with Crippen LogP contribution < -0.4 is 10.1 Å². The van der Waals surface area contributed by atoms with Crippen LogP contribution in [-0.4, -0.2) is 47.7 Å². The number of hydrogen-bond acceptors (Lipinski definition) is 4. The molecular weight excluding hydrogens is 304 g/mol. The molecular formula is C19H28N2O3. The largest absolute Gasteiger partial charge is 0.481 e. The van der Waals surface area contributed by atoms with E-state index in [2.05, 4.69) is 16.8 Å². The number of ether oxygens (including phenoxy) is 1. The maximum Gasteiger partial charge on any atom is 0.260 e. The number of piperidine rings is 1. The average molecular weight is 332 g/mol. The number of rotatable bonds is 7. The molecule has 0 aromatic heterocycles. The van der Waals surface area contributed by atoms with E-state index in [1.807, 2.05) is 19.1 Å². The molecule has 1 aliphatic heterocycles. The Kier molecular flexibility index (Phi) is 6.82. The highest BCUT2D eigenvalue weighted by molar-refractivity contribution is 5.81. The van der Waals surface area contributed by atoms with Gasteiger partial charge in [-0.2, -0.15) is 0 Å². The molecule has 0 spiro atoms. The number of carbonyl (C=O) groups excluding carboxylic acids is 1. The zero-order valence-corrected chi connectivity index (χ0v) is 14.6. The molecule has 5 nitrogen and oxygen atoms in total. The Bertz CT molecular complexity index is 565. The lowest BCUT2D eigenvalue weighted by Crippen LogP contribution is -2.48. The van der Waals surface area contributed by atoms with Gasteiger partial charge in [0.15, 0.2) is 6.10 Å². The summed E-state index contributed by atoms with van der Waals surface area (Å²) >= 11 is 0. The summed E-state index contributed by atoms with van der Waals surface area (Å²) in [5.41, 5.74) is 1.94. The lowest BCUT2D eigenvalue weighted by atomic mass is 10.0. The van der Waals surface area contributed by atoms with E-state index in [0.29, 0.717) is 5.75 Å². The first-order chi connectivity index (χ1) is 11.5. The van der Waals surface area contributed by atoms with Gasteiger partial charge in [0.05, 0.1) is 6.61 Å². The van der Waals surface area contributed by atoms with Crippen LogP contribution in [0.4, 0.5) is 0 Å². The van der Waals surface area contributed by atoms with Gasteiger partial charge >= 0.3 is 0 Å². The minimum Gasteiger partial charge on any atom is -0.481 e. The van der Waals surface area contributed by atoms with Crippen molar-refractivity contribution < 1.29 is 14.6 Å². The molecule has 1 aromatic rings. The molecule has 2 N–H and O–H groups in total. The van der Waals surface area contributed by atoms with Crippen molar-refractivity contribution in [3.63, 3.8) is 0 Å². The van der Waals surface area contributed by atoms with Crippen LogP contribution in [0.25, 0.3) is 0 Å². The van der Waals surface area contributed by atoms with E-state index in [1.54, 1.807) is 19.1 Å². The predicted molar refractivity (Wildman–Crippen MR) is 94.9 cm³/mol. The van der Waals surface area contributed by atoms with Gasteiger partial charge in [-0.3, -0.25) is 9.69 Å². The number of amides is 1. The van der Waals surface area contributed by atoms with Gasteiger partial charge in [-0.25, -0.2) is 0 Å². The van der Waals surface area contributed by atoms with Crippen molar-refractivity contribution in [1.29, 1.82) is 0 Å². The van der Waals surface area contributed by atoms with Crippen LogP contribution in [0, 0.1) is 0 Å². The Morgan fingerprint density at radius 1 is 1.46 bits per heavy atom. The van der Waals surface area contributed by atoms with Crippen LogP contribution >= 0.6 is 0 Å². The molecule has 1 heterocycles. The van der Waals surface area contributed by atoms with Crippen LogP contribution in [-0.2, 0) is 11.4 Å². The molecule has 1 atom stereocenters. The third kappa shape index (κ3) is 5.65. The van der Waals surface area contributed by atoms with Crippen LogP contribution in [0.1, 0.15) is 32.3 Å². The highest BCUT2D eigenvalue weighted by atomic mass is 16.5. The quantitative estimate of drug-likeness (QED) is 0.751. The first kappa shape index (κ1) is 18.5. The second-order valence-corrected chi connectivity index (χ2v) is 6.58. The fraction of sp³-hybridized carbons (Fsp3) is 0.526. The summed E-state index contributed by atoms with van der Waals surface area (Å²) in [5, 5.41) is 12.2. The van der Waals surface area contributed by atoms with Gasteiger partial charge in [-0.15, -0.1) is 0 Å². The lowest BCUT2D eigenvalue weighted by molar-refractivity contribution is -0.128. The molecule has 5 heteroatoms. The predicted octanol–water partition coefficient (Wildman–Crippen LogP) is 2.10. The SMILES string of the molecule is C=C(C)CN1CCC(NC(=O)C(C)Oc2cccc(CO)c2)CC1. The minimum atomic E-state index is -0.563. The maximum absolute atomic E-state index is 12.3. The molecule has 1 aliphatic rings. The van der Waals surface area contributed by atoms with Gasteiger partial charge < -0.3 is 15.2 Å². The van der Waals surface area contributed by atoms with Gasteiger partial charge in [0.1, 0.15) is 5.75 Å². The Labute approximate surface area is 144 Å². The Morgan fingerprint density at radius 2 is 2.17 bits per heavy atom. The normalized spacial score (nSPS) is 17.3. The van der Waals surface area contributed by atoms with E-state index < -0.39 is 6.10 Å². The summed E-state index contributed by atoms with van der Waals surface area (Å²) in [6.07, 6.45) is 1.34. The third-order valence-electron chi connectivity index (χ3n) is 4.19. The van der Waals surface area contributed by atoms with Crippen molar-refractivity contribution in [2.45, 2.75) is 45.4 Å². The molecule has 1 fully saturated rings. The fourth-order valence-electron chi connectivity index (χ4n) is 2.91. The molecule has 1 unspecified atom stereocenters. The van der Waals surface area contributed by atoms with Crippen LogP contribution in [0.15, 0.2) is 36.4 Å². The molecule has 1 amide bonds. The van der Waals surface area contributed by atoms with E-state index in [4.69, 9.17) is 9.84 Å². The molecule has 1 saturated heterocycles. The van der Waals surface area contributed by atoms with E-state index in [9.17, 15) is 4.79 Å². The number of nitrogens with zero attached hydrogens (tertiary/aromatic N) is 1. The van der Waals surface area contributed by atoms with Gasteiger partial charge in [-0.1, -0.05) is 24.3 Å². The molecule has 0 aliphatic carbocycles. The highest BCUT2D eigenvalue weighted by Crippen LogP contribution is 2.16. The average Bonchev–Trinajstić information content (AvgIpc) is 2.56. The fourth-order valence-corrected chi connectivity index (χ4v) is 2.91. The van der Waals surface area contributed by atoms with E-state index >= 15 is 0 Å². The molecule has 1 aromatic carbocycles. The summed E-state index contributed by atoms with van der Waals surface area (Å²) in [5.74, 6) is 0.503. The lowest BCUT2D eigenvalue weighted by Gasteiger charge is -2.32. The first-order valence-electron chi connectivity index (χ1n) is 8.51. The van der Waals surface area contributed by atoms with E-state index in [1.165, 1.54) is 5.57 Å². The molecule has 132 valence electrons. The Morgan fingerprint density at radius 3 is 2.79 bits per heavy atom. The van der Waals surface area contributed by atoms with Crippen LogP contribution in [0.2, 0.25) is 0 Å². The summed E-state index contributed by atoms with van der Waals surface area (Å²) in [4.78, 5) is 14.7. The van der Waals surface area contributed by atoms with E-state index in [-0.39, 0.29) is 18.6 Å². The van der Waals surface area contributed by atoms with Gasteiger partial charge in [0, 0.05) is 25.7 Å². The number of benzene rings is 1. The monoisotopic (exact) mass is 332 g/mol. The zero-order chi connectivity index (χ0) is 17.5. The van der Waals surface area contributed by atoms with Crippen molar-refractivity contribution in [2.24, 2.45) is 0 Å². The van der Waals surface area contributed by atoms with Crippen molar-refractivity contribution in [3.8, 4) is 5.75 Å². The molecule has 2 rings (SSSR count). The maximum atomic E-state index is 12.3. The van der Waals surface area contributed by atoms with Crippen molar-refractivity contribution in [1.82, 2.24) is 10.2 Å². The smallest absolute Gasteiger partial charge is 0.260 e. The molecule has 0 bridgehead atoms. The number of nitrogens with one attached hydrogen (secondary N) is 1. The molecule has 24 heavy (non-hydrogen) atoms. The molecule has 0 radical (unpaired) electrons. The van der Waals surface area contributed by atoms with Crippen LogP contribution in [0.3, 0.4) is 0 Å². The number of carbonyl (C=O) groups is 1. The standard InChI is InChI=1S/C19H28N2O3/c1-14(2)12-21-9-7-17(8-10-21)20-19(23)15(3)24-18-6-4-5-16(11-18)13-22/h4-6,11,15,17,22H,1,7-10,12-13H2,2-3H3,(H,20,23). The number of aliphatic hydroxyl groups excluding tert-OH is 1. The Hall–Kier alpha value is -1.85. The van der Waals surface area contributed by atoms with Crippen molar-refractivity contribution in [3.05, 3.63) is 42.0 Å². The van der Waals surface area contributed by atoms with E-state index in [0.717, 1.165) is 38.0 Å². The van der Waals surface area contributed by atoms with Gasteiger partial charge in [0.2, 0.25) is 0 Å². The second-order valence-electron chi connectivity index (χ2n) is 6.58. The zero-order valence-electron chi connectivity index (χ0n) is 14.6. The highest BCUT2D eigenvalue weighted by Gasteiger charge is 2.23. The topological polar surface area (TPSA) is 61.8 Å². The second kappa shape index (κ2) is 8.85. The number of hydrogen-bond donors (Lipinski definition) is 2. The summed E-state index contributed by atoms with van der Waals surface area (Å²) in [6, 6.07) is 7.37. The number of aliphatic hydroxyl groups is 1. The summed E-state index contributed by atoms with van der Waals surface area (Å²) < 4.78 is 5.69. The number of likely N-dealkylation sites (tertiary alicyclic amines) is 1. The van der Waals surface area contributed by atoms with Crippen LogP contribution in [0.5, 0.6) is 5.75 Å².